The zero-order valence-electron chi connectivity index (χ0n) is 7.34. The molecule has 1 aromatic rings. The van der Waals surface area contributed by atoms with Gasteiger partial charge in [-0.2, -0.15) is 0 Å². The van der Waals surface area contributed by atoms with Crippen molar-refractivity contribution in [3.05, 3.63) is 16.6 Å². The molecule has 5 nitrogen and oxygen atoms in total. The normalized spacial score (nSPS) is 12.3. The molecule has 14 heavy (non-hydrogen) atoms. The second-order valence-electron chi connectivity index (χ2n) is 2.84. The third-order valence-corrected chi connectivity index (χ3v) is 2.61. The Balaban J connectivity index is 2.71. The number of carboxylic acids is 1. The Morgan fingerprint density at radius 3 is 2.71 bits per heavy atom. The van der Waals surface area contributed by atoms with E-state index in [0.29, 0.717) is 5.01 Å². The standard InChI is InChI=1S/C8H10N2O3S/c9-6(11)3-5(4-7(12)13)8-10-1-2-14-8/h1-2,5H,3-4H2,(H2,9,11)(H,12,13). The highest BCUT2D eigenvalue weighted by atomic mass is 32.1. The fourth-order valence-corrected chi connectivity index (χ4v) is 1.88. The minimum Gasteiger partial charge on any atom is -0.481 e. The van der Waals surface area contributed by atoms with Gasteiger partial charge < -0.3 is 10.8 Å². The van der Waals surface area contributed by atoms with Crippen molar-refractivity contribution in [3.8, 4) is 0 Å². The van der Waals surface area contributed by atoms with Gasteiger partial charge in [0.05, 0.1) is 11.4 Å². The van der Waals surface area contributed by atoms with Gasteiger partial charge in [-0.1, -0.05) is 0 Å². The summed E-state index contributed by atoms with van der Waals surface area (Å²) < 4.78 is 0. The number of carbonyl (C=O) groups excluding carboxylic acids is 1. The van der Waals surface area contributed by atoms with Crippen LogP contribution in [0.4, 0.5) is 0 Å². The van der Waals surface area contributed by atoms with Crippen LogP contribution in [0.25, 0.3) is 0 Å². The number of amides is 1. The maximum Gasteiger partial charge on any atom is 0.304 e. The second kappa shape index (κ2) is 4.71. The number of aromatic nitrogens is 1. The van der Waals surface area contributed by atoms with Gasteiger partial charge in [0.1, 0.15) is 0 Å². The molecule has 0 saturated heterocycles. The van der Waals surface area contributed by atoms with Crippen molar-refractivity contribution in [2.24, 2.45) is 5.73 Å². The first-order valence-corrected chi connectivity index (χ1v) is 4.87. The van der Waals surface area contributed by atoms with Gasteiger partial charge in [0.25, 0.3) is 0 Å². The SMILES string of the molecule is NC(=O)CC(CC(=O)O)c1nccs1. The summed E-state index contributed by atoms with van der Waals surface area (Å²) in [5.74, 6) is -1.86. The average Bonchev–Trinajstić information content (AvgIpc) is 2.52. The highest BCUT2D eigenvalue weighted by molar-refractivity contribution is 7.09. The molecule has 0 aliphatic carbocycles. The molecule has 1 aromatic heterocycles. The van der Waals surface area contributed by atoms with E-state index < -0.39 is 17.8 Å². The van der Waals surface area contributed by atoms with Crippen molar-refractivity contribution in [1.82, 2.24) is 4.98 Å². The third kappa shape index (κ3) is 3.14. The first kappa shape index (κ1) is 10.6. The van der Waals surface area contributed by atoms with Crippen LogP contribution < -0.4 is 5.73 Å². The van der Waals surface area contributed by atoms with E-state index in [0.717, 1.165) is 0 Å². The molecule has 0 saturated carbocycles. The Bertz CT molecular complexity index is 307. The summed E-state index contributed by atoms with van der Waals surface area (Å²) in [6.45, 7) is 0. The van der Waals surface area contributed by atoms with Gasteiger partial charge in [-0.15, -0.1) is 11.3 Å². The van der Waals surface area contributed by atoms with Crippen LogP contribution in [0.1, 0.15) is 23.8 Å². The van der Waals surface area contributed by atoms with E-state index in [9.17, 15) is 9.59 Å². The minimum atomic E-state index is -0.952. The number of thiazole rings is 1. The quantitative estimate of drug-likeness (QED) is 0.749. The van der Waals surface area contributed by atoms with Gasteiger partial charge in [-0.25, -0.2) is 4.98 Å². The Labute approximate surface area is 84.6 Å². The largest absolute Gasteiger partial charge is 0.481 e. The van der Waals surface area contributed by atoms with Crippen molar-refractivity contribution < 1.29 is 14.7 Å². The first-order valence-electron chi connectivity index (χ1n) is 3.99. The third-order valence-electron chi connectivity index (χ3n) is 1.67. The molecule has 0 radical (unpaired) electrons. The summed E-state index contributed by atoms with van der Waals surface area (Å²) in [6.07, 6.45) is 1.49. The van der Waals surface area contributed by atoms with Crippen LogP contribution in [0.3, 0.4) is 0 Å². The molecule has 0 bridgehead atoms. The lowest BCUT2D eigenvalue weighted by molar-refractivity contribution is -0.137. The second-order valence-corrected chi connectivity index (χ2v) is 3.76. The molecule has 1 atom stereocenters. The molecular weight excluding hydrogens is 204 g/mol. The van der Waals surface area contributed by atoms with Gasteiger partial charge in [0.2, 0.25) is 5.91 Å². The smallest absolute Gasteiger partial charge is 0.304 e. The number of hydrogen-bond acceptors (Lipinski definition) is 4. The molecule has 1 amide bonds. The van der Waals surface area contributed by atoms with Crippen LogP contribution in [-0.4, -0.2) is 22.0 Å². The number of aliphatic carboxylic acids is 1. The van der Waals surface area contributed by atoms with E-state index in [1.54, 1.807) is 11.6 Å². The van der Waals surface area contributed by atoms with Crippen molar-refractivity contribution in [2.75, 3.05) is 0 Å². The molecular formula is C8H10N2O3S. The predicted molar refractivity (Wildman–Crippen MR) is 50.9 cm³/mol. The molecule has 1 rings (SSSR count). The molecule has 1 unspecified atom stereocenters. The van der Waals surface area contributed by atoms with Gasteiger partial charge in [0, 0.05) is 23.9 Å². The zero-order valence-corrected chi connectivity index (χ0v) is 8.16. The van der Waals surface area contributed by atoms with Gasteiger partial charge in [0.15, 0.2) is 0 Å². The van der Waals surface area contributed by atoms with E-state index in [2.05, 4.69) is 4.98 Å². The molecule has 76 valence electrons. The Morgan fingerprint density at radius 1 is 1.57 bits per heavy atom. The number of nitrogens with two attached hydrogens (primary N) is 1. The first-order chi connectivity index (χ1) is 6.59. The molecule has 0 aliphatic rings. The zero-order chi connectivity index (χ0) is 10.6. The van der Waals surface area contributed by atoms with Crippen molar-refractivity contribution in [2.45, 2.75) is 18.8 Å². The number of primary amides is 1. The van der Waals surface area contributed by atoms with Gasteiger partial charge in [-0.3, -0.25) is 9.59 Å². The highest BCUT2D eigenvalue weighted by Gasteiger charge is 2.19. The maximum absolute atomic E-state index is 10.7. The lowest BCUT2D eigenvalue weighted by atomic mass is 10.0. The summed E-state index contributed by atoms with van der Waals surface area (Å²) in [7, 11) is 0. The van der Waals surface area contributed by atoms with Crippen LogP contribution in [0.5, 0.6) is 0 Å². The van der Waals surface area contributed by atoms with Crippen LogP contribution in [0.15, 0.2) is 11.6 Å². The molecule has 6 heteroatoms. The van der Waals surface area contributed by atoms with Crippen LogP contribution in [-0.2, 0) is 9.59 Å². The fourth-order valence-electron chi connectivity index (χ4n) is 1.14. The maximum atomic E-state index is 10.7. The molecule has 3 N–H and O–H groups in total. The minimum absolute atomic E-state index is 0.0276. The lowest BCUT2D eigenvalue weighted by Crippen LogP contribution is -2.17. The number of carboxylic acid groups (broad SMARTS) is 1. The van der Waals surface area contributed by atoms with Crippen molar-refractivity contribution in [3.63, 3.8) is 0 Å². The highest BCUT2D eigenvalue weighted by Crippen LogP contribution is 2.24. The number of nitrogens with zero attached hydrogens (tertiary/aromatic N) is 1. The molecule has 0 aliphatic heterocycles. The molecule has 0 spiro atoms. The topological polar surface area (TPSA) is 93.3 Å². The molecule has 1 heterocycles. The summed E-state index contributed by atoms with van der Waals surface area (Å²) in [4.78, 5) is 25.2. The van der Waals surface area contributed by atoms with E-state index in [4.69, 9.17) is 10.8 Å². The van der Waals surface area contributed by atoms with Crippen LogP contribution >= 0.6 is 11.3 Å². The van der Waals surface area contributed by atoms with E-state index >= 15 is 0 Å². The average molecular weight is 214 g/mol. The van der Waals surface area contributed by atoms with Gasteiger partial charge in [-0.05, 0) is 0 Å². The Morgan fingerprint density at radius 2 is 2.29 bits per heavy atom. The summed E-state index contributed by atoms with van der Waals surface area (Å²) in [5.41, 5.74) is 5.02. The summed E-state index contributed by atoms with van der Waals surface area (Å²) in [5, 5.41) is 11.0. The number of hydrogen-bond donors (Lipinski definition) is 2. The predicted octanol–water partition coefficient (Wildman–Crippen LogP) is 0.577. The van der Waals surface area contributed by atoms with Crippen molar-refractivity contribution >= 4 is 23.2 Å². The van der Waals surface area contributed by atoms with E-state index in [1.165, 1.54) is 11.3 Å². The number of rotatable bonds is 5. The number of carbonyl (C=O) groups is 2. The van der Waals surface area contributed by atoms with Crippen molar-refractivity contribution in [1.29, 1.82) is 0 Å². The molecule has 0 fully saturated rings. The lowest BCUT2D eigenvalue weighted by Gasteiger charge is -2.08. The Hall–Kier alpha value is -1.43. The summed E-state index contributed by atoms with van der Waals surface area (Å²) >= 11 is 1.33. The van der Waals surface area contributed by atoms with E-state index in [1.807, 2.05) is 0 Å². The van der Waals surface area contributed by atoms with E-state index in [-0.39, 0.29) is 12.8 Å². The fraction of sp³-hybridized carbons (Fsp3) is 0.375. The van der Waals surface area contributed by atoms with Gasteiger partial charge >= 0.3 is 5.97 Å². The van der Waals surface area contributed by atoms with Crippen LogP contribution in [0.2, 0.25) is 0 Å². The monoisotopic (exact) mass is 214 g/mol. The molecule has 0 aromatic carbocycles. The summed E-state index contributed by atoms with van der Waals surface area (Å²) in [6, 6.07) is 0. The Kier molecular flexibility index (Phi) is 3.58. The van der Waals surface area contributed by atoms with Crippen LogP contribution in [0, 0.1) is 0 Å².